The average Bonchev–Trinajstić information content (AvgIpc) is 2.86. The number of aryl methyl sites for hydroxylation is 1. The van der Waals surface area contributed by atoms with Crippen LogP contribution in [0.15, 0.2) is 83.8 Å². The summed E-state index contributed by atoms with van der Waals surface area (Å²) in [4.78, 5) is 28.9. The first kappa shape index (κ1) is 30.2. The SMILES string of the molecule is CC[C@@H](C(=O)NC(C)(C)C)N(Cc1ccccc1)C(=O)CN(c1cccc(Cl)c1)S(=O)(=O)c1ccc(C)cc1. The van der Waals surface area contributed by atoms with Gasteiger partial charge in [-0.1, -0.05) is 72.6 Å². The minimum Gasteiger partial charge on any atom is -0.350 e. The number of hydrogen-bond acceptors (Lipinski definition) is 4. The predicted molar refractivity (Wildman–Crippen MR) is 156 cm³/mol. The van der Waals surface area contributed by atoms with Gasteiger partial charge in [0.25, 0.3) is 10.0 Å². The minimum absolute atomic E-state index is 0.0491. The molecule has 0 aliphatic rings. The van der Waals surface area contributed by atoms with E-state index in [-0.39, 0.29) is 23.0 Å². The van der Waals surface area contributed by atoms with Crippen LogP contribution in [0.5, 0.6) is 0 Å². The summed E-state index contributed by atoms with van der Waals surface area (Å²) < 4.78 is 28.8. The van der Waals surface area contributed by atoms with Crippen LogP contribution in [-0.2, 0) is 26.2 Å². The molecule has 0 spiro atoms. The Labute approximate surface area is 236 Å². The highest BCUT2D eigenvalue weighted by molar-refractivity contribution is 7.92. The van der Waals surface area contributed by atoms with Crippen molar-refractivity contribution in [3.8, 4) is 0 Å². The van der Waals surface area contributed by atoms with Gasteiger partial charge in [-0.2, -0.15) is 0 Å². The van der Waals surface area contributed by atoms with E-state index >= 15 is 0 Å². The lowest BCUT2D eigenvalue weighted by Gasteiger charge is -2.34. The van der Waals surface area contributed by atoms with Crippen LogP contribution in [0, 0.1) is 6.92 Å². The Kier molecular flexibility index (Phi) is 9.80. The second-order valence-corrected chi connectivity index (χ2v) is 12.8. The lowest BCUT2D eigenvalue weighted by Crippen LogP contribution is -2.55. The third kappa shape index (κ3) is 8.07. The maximum Gasteiger partial charge on any atom is 0.264 e. The summed E-state index contributed by atoms with van der Waals surface area (Å²) >= 11 is 6.22. The first-order chi connectivity index (χ1) is 18.3. The van der Waals surface area contributed by atoms with Crippen LogP contribution < -0.4 is 9.62 Å². The molecule has 0 fully saturated rings. The highest BCUT2D eigenvalue weighted by Gasteiger charge is 2.34. The topological polar surface area (TPSA) is 86.8 Å². The van der Waals surface area contributed by atoms with Crippen molar-refractivity contribution in [2.24, 2.45) is 0 Å². The standard InChI is InChI=1S/C30H36ClN3O4S/c1-6-27(29(36)32-30(3,4)5)33(20-23-11-8-7-9-12-23)28(35)21-34(25-14-10-13-24(31)19-25)39(37,38)26-17-15-22(2)16-18-26/h7-19,27H,6,20-21H2,1-5H3,(H,32,36)/t27-/m0/s1. The number of halogens is 1. The number of sulfonamides is 1. The van der Waals surface area contributed by atoms with Gasteiger partial charge in [0.1, 0.15) is 12.6 Å². The van der Waals surface area contributed by atoms with Gasteiger partial charge in [-0.05, 0) is 70.0 Å². The highest BCUT2D eigenvalue weighted by Crippen LogP contribution is 2.27. The van der Waals surface area contributed by atoms with Gasteiger partial charge in [0.15, 0.2) is 0 Å². The van der Waals surface area contributed by atoms with Crippen LogP contribution in [0.4, 0.5) is 5.69 Å². The van der Waals surface area contributed by atoms with E-state index in [9.17, 15) is 18.0 Å². The second kappa shape index (κ2) is 12.7. The molecule has 3 aromatic carbocycles. The number of carbonyl (C=O) groups excluding carboxylic acids is 2. The summed E-state index contributed by atoms with van der Waals surface area (Å²) in [6.45, 7) is 8.94. The van der Waals surface area contributed by atoms with Crippen molar-refractivity contribution in [2.75, 3.05) is 10.8 Å². The zero-order valence-electron chi connectivity index (χ0n) is 23.0. The maximum atomic E-state index is 14.0. The van der Waals surface area contributed by atoms with Crippen molar-refractivity contribution in [3.63, 3.8) is 0 Å². The zero-order valence-corrected chi connectivity index (χ0v) is 24.6. The van der Waals surface area contributed by atoms with Gasteiger partial charge >= 0.3 is 0 Å². The number of nitrogens with zero attached hydrogens (tertiary/aromatic N) is 2. The molecule has 0 radical (unpaired) electrons. The zero-order chi connectivity index (χ0) is 28.8. The molecule has 1 N–H and O–H groups in total. The molecule has 0 bridgehead atoms. The van der Waals surface area contributed by atoms with Gasteiger partial charge in [-0.15, -0.1) is 0 Å². The maximum absolute atomic E-state index is 14.0. The smallest absolute Gasteiger partial charge is 0.264 e. The highest BCUT2D eigenvalue weighted by atomic mass is 35.5. The quantitative estimate of drug-likeness (QED) is 0.346. The van der Waals surface area contributed by atoms with Gasteiger partial charge in [0, 0.05) is 17.1 Å². The van der Waals surface area contributed by atoms with Crippen molar-refractivity contribution >= 4 is 39.1 Å². The van der Waals surface area contributed by atoms with Gasteiger partial charge in [0.2, 0.25) is 11.8 Å². The first-order valence-electron chi connectivity index (χ1n) is 12.8. The molecule has 2 amide bonds. The number of anilines is 1. The molecule has 3 aromatic rings. The molecule has 7 nitrogen and oxygen atoms in total. The molecule has 0 aromatic heterocycles. The Bertz CT molecular complexity index is 1390. The summed E-state index contributed by atoms with van der Waals surface area (Å²) in [6, 6.07) is 21.3. The lowest BCUT2D eigenvalue weighted by molar-refractivity contribution is -0.141. The molecule has 9 heteroatoms. The predicted octanol–water partition coefficient (Wildman–Crippen LogP) is 5.57. The van der Waals surface area contributed by atoms with Crippen LogP contribution in [-0.4, -0.2) is 43.3 Å². The Hall–Kier alpha value is -3.36. The van der Waals surface area contributed by atoms with Crippen LogP contribution in [0.2, 0.25) is 5.02 Å². The molecule has 39 heavy (non-hydrogen) atoms. The van der Waals surface area contributed by atoms with E-state index in [0.29, 0.717) is 11.4 Å². The van der Waals surface area contributed by atoms with E-state index < -0.39 is 34.1 Å². The van der Waals surface area contributed by atoms with Crippen molar-refractivity contribution in [3.05, 3.63) is 95.0 Å². The summed E-state index contributed by atoms with van der Waals surface area (Å²) in [5, 5.41) is 3.30. The molecule has 0 unspecified atom stereocenters. The molecule has 0 aliphatic heterocycles. The van der Waals surface area contributed by atoms with Crippen LogP contribution in [0.25, 0.3) is 0 Å². The fourth-order valence-corrected chi connectivity index (χ4v) is 5.74. The number of amides is 2. The number of nitrogens with one attached hydrogen (secondary N) is 1. The minimum atomic E-state index is -4.14. The molecule has 0 heterocycles. The van der Waals surface area contributed by atoms with E-state index in [0.717, 1.165) is 15.4 Å². The normalized spacial score (nSPS) is 12.5. The van der Waals surface area contributed by atoms with Gasteiger partial charge < -0.3 is 10.2 Å². The number of hydrogen-bond donors (Lipinski definition) is 1. The lowest BCUT2D eigenvalue weighted by atomic mass is 10.1. The Balaban J connectivity index is 2.06. The summed E-state index contributed by atoms with van der Waals surface area (Å²) in [6.07, 6.45) is 0.350. The van der Waals surface area contributed by atoms with E-state index in [4.69, 9.17) is 11.6 Å². The van der Waals surface area contributed by atoms with E-state index in [1.165, 1.54) is 23.1 Å². The van der Waals surface area contributed by atoms with Gasteiger partial charge in [0.05, 0.1) is 10.6 Å². The number of benzene rings is 3. The van der Waals surface area contributed by atoms with Crippen molar-refractivity contribution in [1.29, 1.82) is 0 Å². The molecule has 3 rings (SSSR count). The van der Waals surface area contributed by atoms with Crippen molar-refractivity contribution in [2.45, 2.75) is 64.1 Å². The third-order valence-electron chi connectivity index (χ3n) is 6.06. The molecule has 0 saturated heterocycles. The van der Waals surface area contributed by atoms with E-state index in [1.807, 2.05) is 65.0 Å². The van der Waals surface area contributed by atoms with Crippen LogP contribution in [0.1, 0.15) is 45.2 Å². The Morgan fingerprint density at radius 3 is 2.15 bits per heavy atom. The third-order valence-corrected chi connectivity index (χ3v) is 8.09. The van der Waals surface area contributed by atoms with Crippen molar-refractivity contribution < 1.29 is 18.0 Å². The van der Waals surface area contributed by atoms with Crippen LogP contribution in [0.3, 0.4) is 0 Å². The van der Waals surface area contributed by atoms with Crippen molar-refractivity contribution in [1.82, 2.24) is 10.2 Å². The molecular formula is C30H36ClN3O4S. The first-order valence-corrected chi connectivity index (χ1v) is 14.6. The van der Waals surface area contributed by atoms with Gasteiger partial charge in [-0.3, -0.25) is 13.9 Å². The molecule has 1 atom stereocenters. The second-order valence-electron chi connectivity index (χ2n) is 10.5. The summed E-state index contributed by atoms with van der Waals surface area (Å²) in [5.74, 6) is -0.810. The molecule has 0 saturated carbocycles. The number of carbonyl (C=O) groups is 2. The molecule has 0 aliphatic carbocycles. The Morgan fingerprint density at radius 1 is 0.949 bits per heavy atom. The molecule has 208 valence electrons. The number of rotatable bonds is 10. The fraction of sp³-hybridized carbons (Fsp3) is 0.333. The largest absolute Gasteiger partial charge is 0.350 e. The average molecular weight is 570 g/mol. The Morgan fingerprint density at radius 2 is 1.59 bits per heavy atom. The van der Waals surface area contributed by atoms with E-state index in [1.54, 1.807) is 30.3 Å². The summed E-state index contributed by atoms with van der Waals surface area (Å²) in [5.41, 5.74) is 1.48. The van der Waals surface area contributed by atoms with Gasteiger partial charge in [-0.25, -0.2) is 8.42 Å². The summed E-state index contributed by atoms with van der Waals surface area (Å²) in [7, 11) is -4.14. The monoisotopic (exact) mass is 569 g/mol. The molecular weight excluding hydrogens is 534 g/mol. The fourth-order valence-electron chi connectivity index (χ4n) is 4.15. The van der Waals surface area contributed by atoms with E-state index in [2.05, 4.69) is 5.32 Å². The van der Waals surface area contributed by atoms with Crippen LogP contribution >= 0.6 is 11.6 Å².